The van der Waals surface area contributed by atoms with Gasteiger partial charge in [-0.05, 0) is 56.0 Å². The second kappa shape index (κ2) is 6.63. The van der Waals surface area contributed by atoms with E-state index in [1.807, 2.05) is 12.1 Å². The molecule has 1 aromatic carbocycles. The van der Waals surface area contributed by atoms with E-state index in [1.165, 1.54) is 38.2 Å². The van der Waals surface area contributed by atoms with E-state index in [1.54, 1.807) is 12.1 Å². The fraction of sp³-hybridized carbons (Fsp3) is 0.412. The zero-order valence-electron chi connectivity index (χ0n) is 11.9. The summed E-state index contributed by atoms with van der Waals surface area (Å²) in [6.45, 7) is 0.861. The lowest BCUT2D eigenvalue weighted by Gasteiger charge is -2.19. The number of hydrogen-bond acceptors (Lipinski definition) is 1. The van der Waals surface area contributed by atoms with Gasteiger partial charge >= 0.3 is 0 Å². The van der Waals surface area contributed by atoms with Crippen molar-refractivity contribution in [1.82, 2.24) is 0 Å². The molecule has 1 aromatic heterocycles. The monoisotopic (exact) mass is 308 g/mol. The molecule has 2 nitrogen and oxygen atoms in total. The fourth-order valence-electron chi connectivity index (χ4n) is 2.94. The number of hydrogen-bond donors (Lipinski definition) is 1. The molecule has 1 aliphatic carbocycles. The normalized spacial score (nSPS) is 16.3. The molecule has 2 N–H and O–H groups in total. The van der Waals surface area contributed by atoms with E-state index >= 15 is 0 Å². The van der Waals surface area contributed by atoms with E-state index in [0.29, 0.717) is 0 Å². The molecule has 3 rings (SSSR count). The standard InChI is InChI=1S/C17H19ClFNO/c18-15-10-12(6-8-16(15)19)17-9-7-14(21-17)11-20-13-4-2-1-3-5-13/h6-10,13,20H,1-5,11H2/p+1. The fourth-order valence-corrected chi connectivity index (χ4v) is 3.13. The largest absolute Gasteiger partial charge is 0.455 e. The number of halogens is 2. The Kier molecular flexibility index (Phi) is 4.61. The molecule has 0 amide bonds. The van der Waals surface area contributed by atoms with Crippen LogP contribution in [0.4, 0.5) is 4.39 Å². The van der Waals surface area contributed by atoms with Crippen molar-refractivity contribution in [3.05, 3.63) is 46.9 Å². The summed E-state index contributed by atoms with van der Waals surface area (Å²) in [6.07, 6.45) is 6.68. The van der Waals surface area contributed by atoms with E-state index in [0.717, 1.165) is 29.7 Å². The highest BCUT2D eigenvalue weighted by atomic mass is 35.5. The van der Waals surface area contributed by atoms with Gasteiger partial charge in [0.2, 0.25) is 0 Å². The van der Waals surface area contributed by atoms with Crippen LogP contribution in [0.1, 0.15) is 37.9 Å². The van der Waals surface area contributed by atoms with Gasteiger partial charge in [0.15, 0.2) is 5.76 Å². The minimum absolute atomic E-state index is 0.124. The molecular formula is C17H20ClFNO+. The molecule has 0 saturated heterocycles. The van der Waals surface area contributed by atoms with Crippen molar-refractivity contribution in [3.63, 3.8) is 0 Å². The lowest BCUT2D eigenvalue weighted by molar-refractivity contribution is -0.708. The van der Waals surface area contributed by atoms with Gasteiger partial charge in [-0.15, -0.1) is 0 Å². The second-order valence-corrected chi connectivity index (χ2v) is 6.14. The van der Waals surface area contributed by atoms with Gasteiger partial charge in [0.1, 0.15) is 18.1 Å². The van der Waals surface area contributed by atoms with Crippen LogP contribution < -0.4 is 5.32 Å². The van der Waals surface area contributed by atoms with Crippen molar-refractivity contribution >= 4 is 11.6 Å². The van der Waals surface area contributed by atoms with E-state index < -0.39 is 5.82 Å². The van der Waals surface area contributed by atoms with Crippen molar-refractivity contribution < 1.29 is 14.1 Å². The molecule has 4 heteroatoms. The summed E-state index contributed by atoms with van der Waals surface area (Å²) < 4.78 is 19.0. The maximum atomic E-state index is 13.2. The Morgan fingerprint density at radius 3 is 2.71 bits per heavy atom. The zero-order valence-corrected chi connectivity index (χ0v) is 12.7. The van der Waals surface area contributed by atoms with Gasteiger partial charge < -0.3 is 9.73 Å². The Morgan fingerprint density at radius 2 is 1.95 bits per heavy atom. The lowest BCUT2D eigenvalue weighted by atomic mass is 9.95. The van der Waals surface area contributed by atoms with E-state index in [-0.39, 0.29) is 5.02 Å². The summed E-state index contributed by atoms with van der Waals surface area (Å²) in [5.74, 6) is 1.29. The molecule has 2 aromatic rings. The summed E-state index contributed by atoms with van der Waals surface area (Å²) in [5, 5.41) is 2.50. The molecule has 0 unspecified atom stereocenters. The van der Waals surface area contributed by atoms with Crippen molar-refractivity contribution in [3.8, 4) is 11.3 Å². The Bertz CT molecular complexity index is 605. The van der Waals surface area contributed by atoms with Crippen LogP contribution in [0.2, 0.25) is 5.02 Å². The molecule has 1 heterocycles. The zero-order chi connectivity index (χ0) is 14.7. The maximum absolute atomic E-state index is 13.2. The number of furan rings is 1. The topological polar surface area (TPSA) is 29.8 Å². The first-order valence-corrected chi connectivity index (χ1v) is 7.97. The summed E-state index contributed by atoms with van der Waals surface area (Å²) in [6, 6.07) is 9.31. The van der Waals surface area contributed by atoms with Gasteiger partial charge in [-0.2, -0.15) is 0 Å². The molecule has 0 atom stereocenters. The summed E-state index contributed by atoms with van der Waals surface area (Å²) in [4.78, 5) is 0. The van der Waals surface area contributed by atoms with Crippen LogP contribution in [0.15, 0.2) is 34.7 Å². The van der Waals surface area contributed by atoms with Crippen molar-refractivity contribution in [2.75, 3.05) is 0 Å². The molecule has 0 radical (unpaired) electrons. The third kappa shape index (κ3) is 3.66. The molecule has 0 aliphatic heterocycles. The summed E-state index contributed by atoms with van der Waals surface area (Å²) >= 11 is 5.81. The number of nitrogens with two attached hydrogens (primary N) is 1. The Morgan fingerprint density at radius 1 is 1.14 bits per heavy atom. The Labute approximate surface area is 129 Å². The molecule has 0 bridgehead atoms. The van der Waals surface area contributed by atoms with Gasteiger partial charge in [0.05, 0.1) is 11.1 Å². The average molecular weight is 309 g/mol. The maximum Gasteiger partial charge on any atom is 0.158 e. The van der Waals surface area contributed by atoms with Gasteiger partial charge in [-0.3, -0.25) is 0 Å². The third-order valence-corrected chi connectivity index (χ3v) is 4.46. The minimum Gasteiger partial charge on any atom is -0.455 e. The molecule has 1 fully saturated rings. The van der Waals surface area contributed by atoms with E-state index in [2.05, 4.69) is 5.32 Å². The SMILES string of the molecule is Fc1ccc(-c2ccc(C[NH2+]C3CCCCC3)o2)cc1Cl. The highest BCUT2D eigenvalue weighted by Gasteiger charge is 2.16. The first-order chi connectivity index (χ1) is 10.2. The number of quaternary nitrogens is 1. The van der Waals surface area contributed by atoms with Gasteiger partial charge in [-0.25, -0.2) is 4.39 Å². The van der Waals surface area contributed by atoms with Gasteiger partial charge in [-0.1, -0.05) is 18.0 Å². The molecular weight excluding hydrogens is 289 g/mol. The highest BCUT2D eigenvalue weighted by Crippen LogP contribution is 2.26. The molecule has 21 heavy (non-hydrogen) atoms. The van der Waals surface area contributed by atoms with Crippen LogP contribution in [-0.4, -0.2) is 6.04 Å². The molecule has 112 valence electrons. The predicted octanol–water partition coefficient (Wildman–Crippen LogP) is 4.14. The van der Waals surface area contributed by atoms with Crippen molar-refractivity contribution in [2.24, 2.45) is 0 Å². The minimum atomic E-state index is -0.405. The van der Waals surface area contributed by atoms with E-state index in [9.17, 15) is 4.39 Å². The van der Waals surface area contributed by atoms with Crippen molar-refractivity contribution in [1.29, 1.82) is 0 Å². The van der Waals surface area contributed by atoms with Crippen LogP contribution >= 0.6 is 11.6 Å². The van der Waals surface area contributed by atoms with Crippen LogP contribution in [0.3, 0.4) is 0 Å². The summed E-state index contributed by atoms with van der Waals surface area (Å²) in [5.41, 5.74) is 0.810. The second-order valence-electron chi connectivity index (χ2n) is 5.73. The third-order valence-electron chi connectivity index (χ3n) is 4.17. The van der Waals surface area contributed by atoms with Gasteiger partial charge in [0, 0.05) is 5.56 Å². The average Bonchev–Trinajstić information content (AvgIpc) is 2.98. The van der Waals surface area contributed by atoms with Crippen LogP contribution in [-0.2, 0) is 6.54 Å². The lowest BCUT2D eigenvalue weighted by Crippen LogP contribution is -2.88. The molecule has 1 saturated carbocycles. The van der Waals surface area contributed by atoms with Crippen LogP contribution in [0.25, 0.3) is 11.3 Å². The molecule has 0 spiro atoms. The Hall–Kier alpha value is -1.32. The van der Waals surface area contributed by atoms with Crippen LogP contribution in [0, 0.1) is 5.82 Å². The van der Waals surface area contributed by atoms with Crippen molar-refractivity contribution in [2.45, 2.75) is 44.7 Å². The van der Waals surface area contributed by atoms with Crippen LogP contribution in [0.5, 0.6) is 0 Å². The first kappa shape index (κ1) is 14.6. The number of rotatable bonds is 4. The smallest absolute Gasteiger partial charge is 0.158 e. The van der Waals surface area contributed by atoms with E-state index in [4.69, 9.17) is 16.0 Å². The van der Waals surface area contributed by atoms with Gasteiger partial charge in [0.25, 0.3) is 0 Å². The Balaban J connectivity index is 1.63. The predicted molar refractivity (Wildman–Crippen MR) is 81.6 cm³/mol. The molecule has 1 aliphatic rings. The number of benzene rings is 1. The quantitative estimate of drug-likeness (QED) is 0.904. The summed E-state index contributed by atoms with van der Waals surface area (Å²) in [7, 11) is 0. The first-order valence-electron chi connectivity index (χ1n) is 7.60. The highest BCUT2D eigenvalue weighted by molar-refractivity contribution is 6.31.